The molecule has 0 saturated heterocycles. The second-order valence-electron chi connectivity index (χ2n) is 7.07. The number of fused-ring (bicyclic) bond motifs is 1. The van der Waals surface area contributed by atoms with Crippen LogP contribution in [0.5, 0.6) is 11.5 Å². The average molecular weight is 460 g/mol. The van der Waals surface area contributed by atoms with E-state index in [0.29, 0.717) is 28.1 Å². The number of rotatable bonds is 8. The van der Waals surface area contributed by atoms with Gasteiger partial charge in [-0.15, -0.1) is 5.10 Å². The van der Waals surface area contributed by atoms with Gasteiger partial charge in [-0.3, -0.25) is 9.59 Å². The molecule has 1 N–H and O–H groups in total. The third-order valence-corrected chi connectivity index (χ3v) is 4.76. The first-order valence-corrected chi connectivity index (χ1v) is 10.2. The Morgan fingerprint density at radius 2 is 1.76 bits per heavy atom. The van der Waals surface area contributed by atoms with E-state index >= 15 is 0 Å². The molecular weight excluding hydrogens is 440 g/mol. The molecule has 1 amide bonds. The van der Waals surface area contributed by atoms with Gasteiger partial charge in [0, 0.05) is 11.8 Å². The number of aromatic nitrogens is 3. The maximum Gasteiger partial charge on any atom is 0.339 e. The summed E-state index contributed by atoms with van der Waals surface area (Å²) in [4.78, 5) is 36.8. The summed E-state index contributed by atoms with van der Waals surface area (Å²) in [6.45, 7) is -0.594. The minimum atomic E-state index is -0.649. The van der Waals surface area contributed by atoms with E-state index < -0.39 is 11.5 Å². The van der Waals surface area contributed by atoms with Crippen molar-refractivity contribution in [3.63, 3.8) is 0 Å². The lowest BCUT2D eigenvalue weighted by atomic mass is 10.2. The highest BCUT2D eigenvalue weighted by molar-refractivity contribution is 5.92. The molecule has 0 atom stereocenters. The minimum Gasteiger partial charge on any atom is -0.497 e. The summed E-state index contributed by atoms with van der Waals surface area (Å²) >= 11 is 0. The number of esters is 1. The fourth-order valence-corrected chi connectivity index (χ4v) is 3.05. The van der Waals surface area contributed by atoms with E-state index in [0.717, 1.165) is 4.68 Å². The van der Waals surface area contributed by atoms with E-state index in [1.165, 1.54) is 24.3 Å². The lowest BCUT2D eigenvalue weighted by Crippen LogP contribution is -2.26. The lowest BCUT2D eigenvalue weighted by Gasteiger charge is -2.09. The molecule has 0 unspecified atom stereocenters. The molecule has 0 saturated carbocycles. The number of carbonyl (C=O) groups is 2. The highest BCUT2D eigenvalue weighted by Crippen LogP contribution is 2.17. The predicted molar refractivity (Wildman–Crippen MR) is 123 cm³/mol. The van der Waals surface area contributed by atoms with E-state index in [1.807, 2.05) is 0 Å². The Morgan fingerprint density at radius 3 is 2.56 bits per heavy atom. The summed E-state index contributed by atoms with van der Waals surface area (Å²) in [5.74, 6) is 0.0236. The molecule has 0 fully saturated rings. The molecule has 4 rings (SSSR count). The van der Waals surface area contributed by atoms with Gasteiger partial charge in [0.15, 0.2) is 13.3 Å². The van der Waals surface area contributed by atoms with Crippen LogP contribution in [0.2, 0.25) is 0 Å². The van der Waals surface area contributed by atoms with Gasteiger partial charge >= 0.3 is 5.97 Å². The molecule has 0 spiro atoms. The minimum absolute atomic E-state index is 0.218. The molecule has 1 aromatic heterocycles. The smallest absolute Gasteiger partial charge is 0.339 e. The number of anilines is 1. The largest absolute Gasteiger partial charge is 0.497 e. The molecule has 0 aliphatic carbocycles. The summed E-state index contributed by atoms with van der Waals surface area (Å²) in [5, 5.41) is 10.8. The van der Waals surface area contributed by atoms with Crippen LogP contribution in [-0.4, -0.2) is 40.6 Å². The maximum absolute atomic E-state index is 12.4. The molecule has 10 nitrogen and oxygen atoms in total. The summed E-state index contributed by atoms with van der Waals surface area (Å²) in [6, 6.07) is 19.8. The summed E-state index contributed by atoms with van der Waals surface area (Å²) in [5.41, 5.74) is 0.883. The first kappa shape index (κ1) is 22.5. The summed E-state index contributed by atoms with van der Waals surface area (Å²) < 4.78 is 16.7. The fourth-order valence-electron chi connectivity index (χ4n) is 3.05. The van der Waals surface area contributed by atoms with Gasteiger partial charge in [-0.1, -0.05) is 23.4 Å². The van der Waals surface area contributed by atoms with Crippen molar-refractivity contribution in [2.45, 2.75) is 6.73 Å². The third kappa shape index (κ3) is 5.36. The van der Waals surface area contributed by atoms with Crippen molar-refractivity contribution in [2.75, 3.05) is 19.0 Å². The van der Waals surface area contributed by atoms with Crippen LogP contribution in [0, 0.1) is 0 Å². The van der Waals surface area contributed by atoms with Crippen LogP contribution in [0.4, 0.5) is 5.69 Å². The molecule has 4 aromatic rings. The van der Waals surface area contributed by atoms with E-state index in [9.17, 15) is 14.4 Å². The number of ether oxygens (including phenoxy) is 3. The highest BCUT2D eigenvalue weighted by atomic mass is 16.5. The monoisotopic (exact) mass is 460 g/mol. The zero-order chi connectivity index (χ0) is 23.9. The molecule has 1 heterocycles. The van der Waals surface area contributed by atoms with Gasteiger partial charge in [0.1, 0.15) is 17.0 Å². The summed E-state index contributed by atoms with van der Waals surface area (Å²) in [7, 11) is 1.54. The molecule has 0 bridgehead atoms. The Labute approximate surface area is 193 Å². The zero-order valence-electron chi connectivity index (χ0n) is 18.1. The van der Waals surface area contributed by atoms with Gasteiger partial charge in [-0.2, -0.15) is 4.68 Å². The average Bonchev–Trinajstić information content (AvgIpc) is 2.87. The van der Waals surface area contributed by atoms with Gasteiger partial charge in [0.25, 0.3) is 11.5 Å². The first-order chi connectivity index (χ1) is 16.5. The Kier molecular flexibility index (Phi) is 6.78. The van der Waals surface area contributed by atoms with Crippen molar-refractivity contribution in [3.05, 3.63) is 88.7 Å². The molecule has 34 heavy (non-hydrogen) atoms. The van der Waals surface area contributed by atoms with Crippen molar-refractivity contribution < 1.29 is 23.8 Å². The van der Waals surface area contributed by atoms with Crippen molar-refractivity contribution in [2.24, 2.45) is 0 Å². The number of amides is 1. The van der Waals surface area contributed by atoms with Crippen molar-refractivity contribution in [1.82, 2.24) is 15.0 Å². The molecule has 0 aliphatic heterocycles. The number of benzene rings is 3. The molecule has 3 aromatic carbocycles. The zero-order valence-corrected chi connectivity index (χ0v) is 18.1. The molecular formula is C24H20N4O6. The van der Waals surface area contributed by atoms with Gasteiger partial charge in [-0.05, 0) is 48.5 Å². The second-order valence-corrected chi connectivity index (χ2v) is 7.07. The number of nitrogens with zero attached hydrogens (tertiary/aromatic N) is 3. The van der Waals surface area contributed by atoms with E-state index in [1.54, 1.807) is 55.6 Å². The number of methoxy groups -OCH3 is 1. The number of carbonyl (C=O) groups excluding carboxylic acids is 2. The van der Waals surface area contributed by atoms with E-state index in [4.69, 9.17) is 14.2 Å². The molecule has 10 heteroatoms. The molecule has 0 aliphatic rings. The summed E-state index contributed by atoms with van der Waals surface area (Å²) in [6.07, 6.45) is 0. The van der Waals surface area contributed by atoms with Crippen LogP contribution in [0.25, 0.3) is 10.9 Å². The van der Waals surface area contributed by atoms with Crippen LogP contribution in [0.15, 0.2) is 77.6 Å². The van der Waals surface area contributed by atoms with Crippen LogP contribution >= 0.6 is 0 Å². The van der Waals surface area contributed by atoms with Crippen LogP contribution in [0.3, 0.4) is 0 Å². The quantitative estimate of drug-likeness (QED) is 0.398. The topological polar surface area (TPSA) is 122 Å². The Bertz CT molecular complexity index is 1380. The number of hydrogen-bond acceptors (Lipinski definition) is 8. The lowest BCUT2D eigenvalue weighted by molar-refractivity contribution is -0.118. The normalized spacial score (nSPS) is 10.5. The van der Waals surface area contributed by atoms with Crippen molar-refractivity contribution in [1.29, 1.82) is 0 Å². The molecule has 172 valence electrons. The van der Waals surface area contributed by atoms with E-state index in [-0.39, 0.29) is 24.8 Å². The second kappa shape index (κ2) is 10.3. The van der Waals surface area contributed by atoms with Crippen LogP contribution in [0.1, 0.15) is 10.4 Å². The van der Waals surface area contributed by atoms with Crippen molar-refractivity contribution in [3.8, 4) is 11.5 Å². The van der Waals surface area contributed by atoms with Gasteiger partial charge in [0.2, 0.25) is 0 Å². The number of nitrogens with one attached hydrogen (secondary N) is 1. The van der Waals surface area contributed by atoms with Gasteiger partial charge in [0.05, 0.1) is 18.1 Å². The van der Waals surface area contributed by atoms with Crippen LogP contribution in [-0.2, 0) is 16.3 Å². The van der Waals surface area contributed by atoms with Crippen LogP contribution < -0.4 is 20.3 Å². The number of hydrogen-bond donors (Lipinski definition) is 1. The maximum atomic E-state index is 12.4. The Balaban J connectivity index is 1.30. The fraction of sp³-hybridized carbons (Fsp3) is 0.125. The first-order valence-electron chi connectivity index (χ1n) is 10.2. The Morgan fingerprint density at radius 1 is 0.971 bits per heavy atom. The van der Waals surface area contributed by atoms with Gasteiger partial charge < -0.3 is 19.5 Å². The third-order valence-electron chi connectivity index (χ3n) is 4.76. The van der Waals surface area contributed by atoms with Gasteiger partial charge in [-0.25, -0.2) is 4.79 Å². The molecule has 0 radical (unpaired) electrons. The van der Waals surface area contributed by atoms with Crippen molar-refractivity contribution >= 4 is 28.5 Å². The predicted octanol–water partition coefficient (Wildman–Crippen LogP) is 2.63. The Hall–Kier alpha value is -4.73. The standard InChI is InChI=1S/C24H20N4O6/c1-32-19-6-4-5-17(13-19)25-22(29)14-33-18-11-9-16(10-12-18)24(31)34-15-28-23(30)20-7-2-3-8-21(20)26-27-28/h2-13H,14-15H2,1H3,(H,25,29). The highest BCUT2D eigenvalue weighted by Gasteiger charge is 2.11. The SMILES string of the molecule is COc1cccc(NC(=O)COc2ccc(C(=O)OCn3nnc4ccccc4c3=O)cc2)c1. The van der Waals surface area contributed by atoms with E-state index in [2.05, 4.69) is 15.6 Å².